The van der Waals surface area contributed by atoms with E-state index in [1.165, 1.54) is 0 Å². The molecule has 0 unspecified atom stereocenters. The summed E-state index contributed by atoms with van der Waals surface area (Å²) < 4.78 is 0. The Kier molecular flexibility index (Phi) is 6.15. The first kappa shape index (κ1) is 18.2. The van der Waals surface area contributed by atoms with Crippen LogP contribution < -0.4 is 10.6 Å². The number of hydrogen-bond donors (Lipinski definition) is 3. The van der Waals surface area contributed by atoms with Crippen LogP contribution in [-0.4, -0.2) is 29.6 Å². The minimum absolute atomic E-state index is 0.0172. The van der Waals surface area contributed by atoms with Gasteiger partial charge >= 0.3 is 0 Å². The van der Waals surface area contributed by atoms with Gasteiger partial charge in [-0.1, -0.05) is 26.0 Å². The molecule has 0 saturated carbocycles. The maximum Gasteiger partial charge on any atom is 0.251 e. The van der Waals surface area contributed by atoms with Gasteiger partial charge in [0.05, 0.1) is 0 Å². The van der Waals surface area contributed by atoms with Crippen molar-refractivity contribution in [1.29, 1.82) is 0 Å². The van der Waals surface area contributed by atoms with Crippen molar-refractivity contribution >= 4 is 17.5 Å². The van der Waals surface area contributed by atoms with E-state index in [2.05, 4.69) is 10.6 Å². The Morgan fingerprint density at radius 1 is 1.29 bits per heavy atom. The van der Waals surface area contributed by atoms with Gasteiger partial charge in [0.15, 0.2) is 0 Å². The lowest BCUT2D eigenvalue weighted by molar-refractivity contribution is -0.116. The van der Waals surface area contributed by atoms with E-state index in [4.69, 9.17) is 5.11 Å². The second-order valence-corrected chi connectivity index (χ2v) is 6.82. The van der Waals surface area contributed by atoms with Crippen LogP contribution in [0.25, 0.3) is 0 Å². The number of anilines is 1. The Balaban J connectivity index is 1.97. The van der Waals surface area contributed by atoms with Gasteiger partial charge in [-0.15, -0.1) is 0 Å². The highest BCUT2D eigenvalue weighted by Gasteiger charge is 2.20. The first-order chi connectivity index (χ1) is 11.4. The van der Waals surface area contributed by atoms with E-state index in [1.807, 2.05) is 32.9 Å². The van der Waals surface area contributed by atoms with E-state index >= 15 is 0 Å². The second-order valence-electron chi connectivity index (χ2n) is 6.82. The summed E-state index contributed by atoms with van der Waals surface area (Å²) in [7, 11) is 0. The van der Waals surface area contributed by atoms with Crippen molar-refractivity contribution in [3.8, 4) is 0 Å². The monoisotopic (exact) mass is 330 g/mol. The summed E-state index contributed by atoms with van der Waals surface area (Å²) in [5, 5.41) is 15.0. The van der Waals surface area contributed by atoms with Crippen LogP contribution >= 0.6 is 0 Å². The molecule has 130 valence electrons. The fourth-order valence-corrected chi connectivity index (χ4v) is 2.79. The summed E-state index contributed by atoms with van der Waals surface area (Å²) in [5.74, 6) is 0.260. The van der Waals surface area contributed by atoms with Gasteiger partial charge in [0, 0.05) is 36.2 Å². The lowest BCUT2D eigenvalue weighted by atomic mass is 10.1. The Morgan fingerprint density at radius 3 is 2.62 bits per heavy atom. The van der Waals surface area contributed by atoms with Crippen LogP contribution in [0.5, 0.6) is 0 Å². The van der Waals surface area contributed by atoms with Gasteiger partial charge in [-0.3, -0.25) is 9.59 Å². The van der Waals surface area contributed by atoms with E-state index in [1.54, 1.807) is 18.2 Å². The number of aryl methyl sites for hydroxylation is 1. The lowest BCUT2D eigenvalue weighted by Crippen LogP contribution is -2.33. The largest absolute Gasteiger partial charge is 0.396 e. The maximum atomic E-state index is 12.3. The van der Waals surface area contributed by atoms with Crippen LogP contribution in [0, 0.1) is 18.8 Å². The molecule has 1 aromatic rings. The van der Waals surface area contributed by atoms with Crippen LogP contribution in [0.3, 0.4) is 0 Å². The van der Waals surface area contributed by atoms with Crippen molar-refractivity contribution in [2.75, 3.05) is 11.9 Å². The molecule has 24 heavy (non-hydrogen) atoms. The Morgan fingerprint density at radius 2 is 2.04 bits per heavy atom. The zero-order chi connectivity index (χ0) is 17.7. The number of carbonyl (C=O) groups excluding carboxylic acids is 2. The smallest absolute Gasteiger partial charge is 0.251 e. The van der Waals surface area contributed by atoms with E-state index < -0.39 is 0 Å². The lowest BCUT2D eigenvalue weighted by Gasteiger charge is -2.14. The van der Waals surface area contributed by atoms with Crippen LogP contribution in [0.15, 0.2) is 30.4 Å². The molecule has 5 heteroatoms. The minimum Gasteiger partial charge on any atom is -0.396 e. The molecular weight excluding hydrogens is 304 g/mol. The van der Waals surface area contributed by atoms with E-state index in [0.29, 0.717) is 17.9 Å². The third-order valence-electron chi connectivity index (χ3n) is 4.08. The van der Waals surface area contributed by atoms with Crippen molar-refractivity contribution < 1.29 is 14.7 Å². The fourth-order valence-electron chi connectivity index (χ4n) is 2.79. The highest BCUT2D eigenvalue weighted by Crippen LogP contribution is 2.20. The number of hydrogen-bond acceptors (Lipinski definition) is 3. The standard InChI is InChI=1S/C19H26N2O3/c1-12(2)8-18(23)21-17-7-5-15(9-13(17)3)19(24)20-16-6-4-14(10-16)11-22/h4-7,9,12,14,16,22H,8,10-11H2,1-3H3,(H,20,24)(H,21,23)/t14-,16+/m0/s1. The number of carbonyl (C=O) groups is 2. The highest BCUT2D eigenvalue weighted by atomic mass is 16.3. The molecule has 0 bridgehead atoms. The zero-order valence-electron chi connectivity index (χ0n) is 14.5. The number of benzene rings is 1. The summed E-state index contributed by atoms with van der Waals surface area (Å²) in [4.78, 5) is 24.2. The molecule has 0 heterocycles. The highest BCUT2D eigenvalue weighted by molar-refractivity contribution is 5.96. The Hall–Kier alpha value is -2.14. The molecule has 2 amide bonds. The van der Waals surface area contributed by atoms with Crippen LogP contribution in [0.4, 0.5) is 5.69 Å². The molecule has 1 aromatic carbocycles. The molecule has 1 aliphatic carbocycles. The molecule has 0 aromatic heterocycles. The predicted molar refractivity (Wildman–Crippen MR) is 94.9 cm³/mol. The summed E-state index contributed by atoms with van der Waals surface area (Å²) in [5.41, 5.74) is 2.16. The van der Waals surface area contributed by atoms with Crippen molar-refractivity contribution in [3.63, 3.8) is 0 Å². The molecule has 0 saturated heterocycles. The number of rotatable bonds is 6. The summed E-state index contributed by atoms with van der Waals surface area (Å²) in [6.07, 6.45) is 5.06. The summed E-state index contributed by atoms with van der Waals surface area (Å²) >= 11 is 0. The molecular formula is C19H26N2O3. The molecule has 0 aliphatic heterocycles. The molecule has 0 radical (unpaired) electrons. The molecule has 1 aliphatic rings. The molecule has 0 fully saturated rings. The zero-order valence-corrected chi connectivity index (χ0v) is 14.5. The van der Waals surface area contributed by atoms with E-state index in [-0.39, 0.29) is 30.4 Å². The van der Waals surface area contributed by atoms with Gasteiger partial charge in [-0.25, -0.2) is 0 Å². The summed E-state index contributed by atoms with van der Waals surface area (Å²) in [6.45, 7) is 5.98. The van der Waals surface area contributed by atoms with Gasteiger partial charge in [0.1, 0.15) is 0 Å². The number of aliphatic hydroxyl groups excluding tert-OH is 1. The third-order valence-corrected chi connectivity index (χ3v) is 4.08. The normalized spacial score (nSPS) is 19.5. The quantitative estimate of drug-likeness (QED) is 0.702. The average Bonchev–Trinajstić information content (AvgIpc) is 2.96. The Labute approximate surface area is 143 Å². The Bertz CT molecular complexity index is 637. The average molecular weight is 330 g/mol. The molecule has 5 nitrogen and oxygen atoms in total. The molecule has 3 N–H and O–H groups in total. The second kappa shape index (κ2) is 8.11. The van der Waals surface area contributed by atoms with Gasteiger partial charge < -0.3 is 15.7 Å². The first-order valence-electron chi connectivity index (χ1n) is 8.39. The van der Waals surface area contributed by atoms with Gasteiger partial charge in [-0.2, -0.15) is 0 Å². The molecule has 0 spiro atoms. The van der Waals surface area contributed by atoms with E-state index in [0.717, 1.165) is 17.7 Å². The van der Waals surface area contributed by atoms with Crippen LogP contribution in [0.1, 0.15) is 42.6 Å². The summed E-state index contributed by atoms with van der Waals surface area (Å²) in [6, 6.07) is 5.22. The van der Waals surface area contributed by atoms with Gasteiger partial charge in [0.25, 0.3) is 5.91 Å². The topological polar surface area (TPSA) is 78.4 Å². The van der Waals surface area contributed by atoms with Gasteiger partial charge in [-0.05, 0) is 43.0 Å². The van der Waals surface area contributed by atoms with Crippen LogP contribution in [0.2, 0.25) is 0 Å². The molecule has 2 atom stereocenters. The maximum absolute atomic E-state index is 12.3. The molecule has 2 rings (SSSR count). The number of aliphatic hydroxyl groups is 1. The predicted octanol–water partition coefficient (Wildman–Crippen LogP) is 2.65. The first-order valence-corrected chi connectivity index (χ1v) is 8.39. The van der Waals surface area contributed by atoms with Crippen molar-refractivity contribution in [1.82, 2.24) is 5.32 Å². The van der Waals surface area contributed by atoms with Gasteiger partial charge in [0.2, 0.25) is 5.91 Å². The number of amides is 2. The third kappa shape index (κ3) is 4.93. The fraction of sp³-hybridized carbons (Fsp3) is 0.474. The van der Waals surface area contributed by atoms with Crippen molar-refractivity contribution in [3.05, 3.63) is 41.5 Å². The van der Waals surface area contributed by atoms with Crippen LogP contribution in [-0.2, 0) is 4.79 Å². The van der Waals surface area contributed by atoms with Crippen molar-refractivity contribution in [2.24, 2.45) is 11.8 Å². The van der Waals surface area contributed by atoms with Crippen molar-refractivity contribution in [2.45, 2.75) is 39.7 Å². The number of nitrogens with one attached hydrogen (secondary N) is 2. The van der Waals surface area contributed by atoms with E-state index in [9.17, 15) is 9.59 Å². The minimum atomic E-state index is -0.147. The SMILES string of the molecule is Cc1cc(C(=O)N[C@@H]2C=C[C@H](CO)C2)ccc1NC(=O)CC(C)C.